The summed E-state index contributed by atoms with van der Waals surface area (Å²) in [5, 5.41) is 15.8. The van der Waals surface area contributed by atoms with Crippen molar-refractivity contribution < 1.29 is 38.9 Å². The molecule has 2 aromatic rings. The first kappa shape index (κ1) is 30.7. The van der Waals surface area contributed by atoms with Gasteiger partial charge in [0.05, 0.1) is 18.0 Å². The number of rotatable bonds is 8. The van der Waals surface area contributed by atoms with Crippen molar-refractivity contribution in [2.24, 2.45) is 0 Å². The molecule has 0 saturated carbocycles. The van der Waals surface area contributed by atoms with Crippen LogP contribution >= 0.6 is 23.4 Å². The fourth-order valence-electron chi connectivity index (χ4n) is 3.41. The standard InChI is InChI=1S/C22H25ClN2O4S.C4H4O4/c1-14(26)29-20-21(15-5-8-17(28-4)9-6-15)30-19-13-16(23)7-10-18(19)25(22(20)27)12-11-24(2)3;5-3(6)1-2-4(7)8/h5-10,13,20-21H,11-12H2,1-4H3;1-2H,(H,5,6)(H,7,8)/b;2-1-/t20-,21+;/m0./s1. The van der Waals surface area contributed by atoms with E-state index in [4.69, 9.17) is 31.3 Å². The van der Waals surface area contributed by atoms with Gasteiger partial charge < -0.3 is 29.5 Å². The van der Waals surface area contributed by atoms with Gasteiger partial charge in [-0.15, -0.1) is 11.8 Å². The van der Waals surface area contributed by atoms with Gasteiger partial charge in [0, 0.05) is 42.1 Å². The van der Waals surface area contributed by atoms with Gasteiger partial charge in [0.2, 0.25) is 0 Å². The van der Waals surface area contributed by atoms with Crippen LogP contribution in [0.15, 0.2) is 59.5 Å². The molecule has 1 heterocycles. The maximum Gasteiger partial charge on any atom is 0.328 e. The van der Waals surface area contributed by atoms with Crippen molar-refractivity contribution in [3.8, 4) is 5.75 Å². The van der Waals surface area contributed by atoms with Crippen LogP contribution < -0.4 is 9.64 Å². The van der Waals surface area contributed by atoms with Crippen LogP contribution in [-0.2, 0) is 23.9 Å². The van der Waals surface area contributed by atoms with E-state index in [2.05, 4.69) is 0 Å². The van der Waals surface area contributed by atoms with Crippen LogP contribution in [0.2, 0.25) is 5.02 Å². The SMILES string of the molecule is COc1ccc([C@H]2Sc3cc(Cl)ccc3N(CCN(C)C)C(=O)[C@H]2OC(C)=O)cc1.O=C(O)/C=C\C(=O)O. The van der Waals surface area contributed by atoms with Gasteiger partial charge in [0.25, 0.3) is 5.91 Å². The average molecular weight is 565 g/mol. The molecule has 204 valence electrons. The number of carbonyl (C=O) groups excluding carboxylic acids is 2. The Hall–Kier alpha value is -3.54. The number of ether oxygens (including phenoxy) is 2. The lowest BCUT2D eigenvalue weighted by Crippen LogP contribution is -2.45. The number of benzene rings is 2. The van der Waals surface area contributed by atoms with Crippen molar-refractivity contribution in [2.75, 3.05) is 39.2 Å². The highest BCUT2D eigenvalue weighted by atomic mass is 35.5. The summed E-state index contributed by atoms with van der Waals surface area (Å²) in [6, 6.07) is 12.9. The molecule has 10 nitrogen and oxygen atoms in total. The molecule has 3 rings (SSSR count). The third-order valence-electron chi connectivity index (χ3n) is 5.13. The number of anilines is 1. The zero-order chi connectivity index (χ0) is 28.4. The monoisotopic (exact) mass is 564 g/mol. The molecule has 0 radical (unpaired) electrons. The molecule has 0 aromatic heterocycles. The predicted molar refractivity (Wildman–Crippen MR) is 144 cm³/mol. The van der Waals surface area contributed by atoms with E-state index in [-0.39, 0.29) is 5.91 Å². The van der Waals surface area contributed by atoms with Crippen LogP contribution in [0, 0.1) is 0 Å². The largest absolute Gasteiger partial charge is 0.497 e. The molecule has 2 aromatic carbocycles. The number of carbonyl (C=O) groups is 4. The highest BCUT2D eigenvalue weighted by molar-refractivity contribution is 7.99. The second-order valence-corrected chi connectivity index (χ2v) is 9.88. The number of amides is 1. The molecule has 0 aliphatic carbocycles. The minimum absolute atomic E-state index is 0.249. The van der Waals surface area contributed by atoms with Crippen molar-refractivity contribution >= 4 is 52.9 Å². The smallest absolute Gasteiger partial charge is 0.328 e. The molecule has 1 aliphatic heterocycles. The molecule has 0 spiro atoms. The molecule has 2 N–H and O–H groups in total. The van der Waals surface area contributed by atoms with Gasteiger partial charge in [0.1, 0.15) is 5.75 Å². The number of likely N-dealkylation sites (N-methyl/N-ethyl adjacent to an activating group) is 1. The van der Waals surface area contributed by atoms with Crippen LogP contribution in [0.25, 0.3) is 0 Å². The normalized spacial score (nSPS) is 16.8. The fraction of sp³-hybridized carbons (Fsp3) is 0.308. The highest BCUT2D eigenvalue weighted by Gasteiger charge is 2.40. The third-order valence-corrected chi connectivity index (χ3v) is 6.72. The van der Waals surface area contributed by atoms with Crippen LogP contribution in [0.3, 0.4) is 0 Å². The zero-order valence-corrected chi connectivity index (χ0v) is 22.9. The first-order valence-corrected chi connectivity index (χ1v) is 12.6. The lowest BCUT2D eigenvalue weighted by Gasteiger charge is -2.28. The van der Waals surface area contributed by atoms with E-state index >= 15 is 0 Å². The minimum atomic E-state index is -1.26. The number of carboxylic acids is 2. The van der Waals surface area contributed by atoms with E-state index in [1.54, 1.807) is 18.1 Å². The number of esters is 1. The molecule has 1 aliphatic rings. The van der Waals surface area contributed by atoms with Crippen molar-refractivity contribution in [3.63, 3.8) is 0 Å². The Kier molecular flexibility index (Phi) is 11.6. The molecule has 38 heavy (non-hydrogen) atoms. The Bertz CT molecular complexity index is 1170. The van der Waals surface area contributed by atoms with Gasteiger partial charge in [-0.3, -0.25) is 9.59 Å². The van der Waals surface area contributed by atoms with Crippen LogP contribution in [-0.4, -0.2) is 79.3 Å². The van der Waals surface area contributed by atoms with Crippen molar-refractivity contribution in [1.82, 2.24) is 4.90 Å². The zero-order valence-electron chi connectivity index (χ0n) is 21.3. The number of fused-ring (bicyclic) bond motifs is 1. The Morgan fingerprint density at radius 2 is 1.68 bits per heavy atom. The summed E-state index contributed by atoms with van der Waals surface area (Å²) in [7, 11) is 5.49. The molecule has 12 heteroatoms. The molecule has 0 unspecified atom stereocenters. The second kappa shape index (κ2) is 14.4. The first-order chi connectivity index (χ1) is 17.9. The van der Waals surface area contributed by atoms with E-state index < -0.39 is 29.3 Å². The Balaban J connectivity index is 0.000000550. The molecule has 0 fully saturated rings. The quantitative estimate of drug-likeness (QED) is 0.361. The summed E-state index contributed by atoms with van der Waals surface area (Å²) < 4.78 is 10.8. The minimum Gasteiger partial charge on any atom is -0.497 e. The lowest BCUT2D eigenvalue weighted by atomic mass is 10.1. The van der Waals surface area contributed by atoms with E-state index in [0.29, 0.717) is 36.0 Å². The molecular formula is C26H29ClN2O8S. The van der Waals surface area contributed by atoms with Crippen molar-refractivity contribution in [2.45, 2.75) is 23.2 Å². The topological polar surface area (TPSA) is 134 Å². The second-order valence-electron chi connectivity index (χ2n) is 8.26. The van der Waals surface area contributed by atoms with Gasteiger partial charge in [-0.05, 0) is 50.0 Å². The number of carboxylic acid groups (broad SMARTS) is 2. The van der Waals surface area contributed by atoms with Crippen LogP contribution in [0.5, 0.6) is 5.75 Å². The number of thioether (sulfide) groups is 1. The van der Waals surface area contributed by atoms with Crippen molar-refractivity contribution in [1.29, 1.82) is 0 Å². The highest BCUT2D eigenvalue weighted by Crippen LogP contribution is 2.47. The molecule has 0 saturated heterocycles. The summed E-state index contributed by atoms with van der Waals surface area (Å²) >= 11 is 7.74. The Labute approximate surface area is 229 Å². The van der Waals surface area contributed by atoms with Crippen LogP contribution in [0.4, 0.5) is 5.69 Å². The van der Waals surface area contributed by atoms with Crippen molar-refractivity contribution in [3.05, 3.63) is 65.2 Å². The van der Waals surface area contributed by atoms with Gasteiger partial charge in [-0.25, -0.2) is 9.59 Å². The van der Waals surface area contributed by atoms with Gasteiger partial charge >= 0.3 is 17.9 Å². The van der Waals surface area contributed by atoms with Gasteiger partial charge in [-0.1, -0.05) is 23.7 Å². The number of hydrogen-bond acceptors (Lipinski definition) is 8. The summed E-state index contributed by atoms with van der Waals surface area (Å²) in [6.07, 6.45) is 0.152. The number of methoxy groups -OCH3 is 1. The number of halogens is 1. The Morgan fingerprint density at radius 3 is 2.18 bits per heavy atom. The van der Waals surface area contributed by atoms with Gasteiger partial charge in [-0.2, -0.15) is 0 Å². The Morgan fingerprint density at radius 1 is 1.08 bits per heavy atom. The van der Waals surface area contributed by atoms with E-state index in [1.165, 1.54) is 18.7 Å². The first-order valence-electron chi connectivity index (χ1n) is 11.3. The number of hydrogen-bond donors (Lipinski definition) is 2. The summed E-state index contributed by atoms with van der Waals surface area (Å²) in [6.45, 7) is 2.45. The molecular weight excluding hydrogens is 536 g/mol. The number of nitrogens with zero attached hydrogens (tertiary/aromatic N) is 2. The summed E-state index contributed by atoms with van der Waals surface area (Å²) in [4.78, 5) is 49.2. The van der Waals surface area contributed by atoms with Gasteiger partial charge in [0.15, 0.2) is 6.10 Å². The van der Waals surface area contributed by atoms with E-state index in [1.807, 2.05) is 55.4 Å². The molecule has 1 amide bonds. The molecule has 2 atom stereocenters. The molecule has 0 bridgehead atoms. The number of aliphatic carboxylic acids is 2. The van der Waals surface area contributed by atoms with E-state index in [9.17, 15) is 19.2 Å². The summed E-state index contributed by atoms with van der Waals surface area (Å²) in [5.74, 6) is -2.55. The fourth-order valence-corrected chi connectivity index (χ4v) is 5.00. The summed E-state index contributed by atoms with van der Waals surface area (Å²) in [5.41, 5.74) is 1.63. The predicted octanol–water partition coefficient (Wildman–Crippen LogP) is 3.73. The van der Waals surface area contributed by atoms with E-state index in [0.717, 1.165) is 16.1 Å². The third kappa shape index (κ3) is 9.09. The van der Waals surface area contributed by atoms with Crippen LogP contribution in [0.1, 0.15) is 17.7 Å². The maximum absolute atomic E-state index is 13.6. The maximum atomic E-state index is 13.6. The lowest BCUT2D eigenvalue weighted by molar-refractivity contribution is -0.152. The average Bonchev–Trinajstić information content (AvgIpc) is 2.96.